The average molecular weight is 727 g/mol. The van der Waals surface area contributed by atoms with Crippen LogP contribution in [0.25, 0.3) is 17.3 Å². The molecule has 11 heteroatoms. The molecule has 1 heterocycles. The number of hydrogen-bond donors (Lipinski definition) is 3. The standard InChI is InChI=1S/C41H34N4O5S2/c1-49-32-20-16-27(17-21-32)24-35(43-38(46)29-12-7-4-8-13-29)39(47)42-31-18-22-34(23-19-31)52-37(28-10-5-3-6-11-28)40(48)45-41-44-36(26-51-41)30-14-9-15-33(25-30)50-2/h3-26,37H,1-2H3,(H,42,47)(H,43,46)(H,44,45,48)/b35-24-. The van der Waals surface area contributed by atoms with E-state index in [9.17, 15) is 14.4 Å². The van der Waals surface area contributed by atoms with Crippen molar-refractivity contribution in [3.8, 4) is 22.8 Å². The minimum absolute atomic E-state index is 0.0648. The number of amides is 3. The second kappa shape index (κ2) is 17.2. The fourth-order valence-electron chi connectivity index (χ4n) is 5.08. The van der Waals surface area contributed by atoms with E-state index in [0.29, 0.717) is 27.7 Å². The van der Waals surface area contributed by atoms with Crippen LogP contribution in [0.4, 0.5) is 10.8 Å². The predicted octanol–water partition coefficient (Wildman–Crippen LogP) is 8.71. The number of carbonyl (C=O) groups excluding carboxylic acids is 3. The summed E-state index contributed by atoms with van der Waals surface area (Å²) in [6, 6.07) is 40.1. The Balaban J connectivity index is 1.17. The first-order valence-corrected chi connectivity index (χ1v) is 17.9. The summed E-state index contributed by atoms with van der Waals surface area (Å²) in [6.07, 6.45) is 1.60. The second-order valence-corrected chi connectivity index (χ2v) is 13.3. The van der Waals surface area contributed by atoms with Crippen LogP contribution in [0.5, 0.6) is 11.5 Å². The van der Waals surface area contributed by atoms with Crippen molar-refractivity contribution in [3.63, 3.8) is 0 Å². The molecule has 0 spiro atoms. The van der Waals surface area contributed by atoms with Crippen LogP contribution in [0.3, 0.4) is 0 Å². The lowest BCUT2D eigenvalue weighted by Gasteiger charge is -2.17. The molecule has 0 saturated carbocycles. The fraction of sp³-hybridized carbons (Fsp3) is 0.0732. The lowest BCUT2D eigenvalue weighted by Crippen LogP contribution is -2.30. The van der Waals surface area contributed by atoms with Crippen LogP contribution in [0.2, 0.25) is 0 Å². The number of methoxy groups -OCH3 is 2. The normalized spacial score (nSPS) is 11.6. The lowest BCUT2D eigenvalue weighted by atomic mass is 10.1. The molecule has 0 fully saturated rings. The number of carbonyl (C=O) groups is 3. The second-order valence-electron chi connectivity index (χ2n) is 11.3. The molecule has 0 aliphatic rings. The summed E-state index contributed by atoms with van der Waals surface area (Å²) < 4.78 is 10.6. The highest BCUT2D eigenvalue weighted by Gasteiger charge is 2.24. The van der Waals surface area contributed by atoms with Crippen molar-refractivity contribution in [3.05, 3.63) is 161 Å². The third kappa shape index (κ3) is 9.33. The molecule has 6 rings (SSSR count). The molecule has 52 heavy (non-hydrogen) atoms. The topological polar surface area (TPSA) is 119 Å². The van der Waals surface area contributed by atoms with Gasteiger partial charge in [0.1, 0.15) is 22.4 Å². The number of thioether (sulfide) groups is 1. The molecule has 0 radical (unpaired) electrons. The van der Waals surface area contributed by atoms with Gasteiger partial charge in [0, 0.05) is 27.1 Å². The van der Waals surface area contributed by atoms with Gasteiger partial charge in [-0.1, -0.05) is 72.8 Å². The third-order valence-electron chi connectivity index (χ3n) is 7.76. The third-order valence-corrected chi connectivity index (χ3v) is 9.79. The Kier molecular flexibility index (Phi) is 11.8. The number of nitrogens with zero attached hydrogens (tertiary/aromatic N) is 1. The molecule has 3 N–H and O–H groups in total. The highest BCUT2D eigenvalue weighted by Crippen LogP contribution is 2.37. The van der Waals surface area contributed by atoms with Crippen LogP contribution in [0.15, 0.2) is 149 Å². The molecular weight excluding hydrogens is 693 g/mol. The van der Waals surface area contributed by atoms with Crippen molar-refractivity contribution < 1.29 is 23.9 Å². The van der Waals surface area contributed by atoms with Crippen LogP contribution in [0.1, 0.15) is 26.7 Å². The monoisotopic (exact) mass is 726 g/mol. The van der Waals surface area contributed by atoms with E-state index in [4.69, 9.17) is 9.47 Å². The molecule has 0 bridgehead atoms. The minimum atomic E-state index is -0.585. The van der Waals surface area contributed by atoms with Crippen molar-refractivity contribution >= 4 is 57.7 Å². The maximum Gasteiger partial charge on any atom is 0.272 e. The number of thiazole rings is 1. The number of benzene rings is 5. The molecule has 0 saturated heterocycles. The molecule has 3 amide bonds. The number of rotatable bonds is 13. The van der Waals surface area contributed by atoms with Crippen LogP contribution in [-0.2, 0) is 9.59 Å². The zero-order chi connectivity index (χ0) is 36.3. The van der Waals surface area contributed by atoms with Crippen LogP contribution in [0, 0.1) is 0 Å². The highest BCUT2D eigenvalue weighted by molar-refractivity contribution is 8.00. The minimum Gasteiger partial charge on any atom is -0.497 e. The summed E-state index contributed by atoms with van der Waals surface area (Å²) >= 11 is 2.73. The molecule has 260 valence electrons. The van der Waals surface area contributed by atoms with Gasteiger partial charge in [0.2, 0.25) is 5.91 Å². The number of hydrogen-bond acceptors (Lipinski definition) is 8. The van der Waals surface area contributed by atoms with Gasteiger partial charge in [-0.15, -0.1) is 23.1 Å². The molecule has 5 aromatic carbocycles. The van der Waals surface area contributed by atoms with Crippen molar-refractivity contribution in [2.24, 2.45) is 0 Å². The summed E-state index contributed by atoms with van der Waals surface area (Å²) in [4.78, 5) is 45.8. The Morgan fingerprint density at radius 3 is 2.13 bits per heavy atom. The first-order valence-electron chi connectivity index (χ1n) is 16.1. The van der Waals surface area contributed by atoms with Gasteiger partial charge < -0.3 is 25.4 Å². The average Bonchev–Trinajstić information content (AvgIpc) is 3.66. The Hall–Kier alpha value is -6.17. The molecular formula is C41H34N4O5S2. The Morgan fingerprint density at radius 2 is 1.44 bits per heavy atom. The van der Waals surface area contributed by atoms with Gasteiger partial charge in [-0.2, -0.15) is 0 Å². The summed E-state index contributed by atoms with van der Waals surface area (Å²) in [6.45, 7) is 0. The first-order chi connectivity index (χ1) is 25.4. The number of nitrogens with one attached hydrogen (secondary N) is 3. The van der Waals surface area contributed by atoms with E-state index in [-0.39, 0.29) is 11.6 Å². The van der Waals surface area contributed by atoms with Gasteiger partial charge >= 0.3 is 0 Å². The van der Waals surface area contributed by atoms with E-state index in [2.05, 4.69) is 20.9 Å². The van der Waals surface area contributed by atoms with E-state index >= 15 is 0 Å². The zero-order valence-corrected chi connectivity index (χ0v) is 29.9. The smallest absolute Gasteiger partial charge is 0.272 e. The van der Waals surface area contributed by atoms with Gasteiger partial charge in [-0.05, 0) is 77.9 Å². The summed E-state index contributed by atoms with van der Waals surface area (Å²) in [7, 11) is 3.19. The van der Waals surface area contributed by atoms with Gasteiger partial charge in [0.15, 0.2) is 5.13 Å². The maximum absolute atomic E-state index is 13.7. The van der Waals surface area contributed by atoms with E-state index in [1.165, 1.54) is 23.1 Å². The Labute approximate surface area is 309 Å². The van der Waals surface area contributed by atoms with Crippen LogP contribution in [-0.4, -0.2) is 36.9 Å². The predicted molar refractivity (Wildman–Crippen MR) is 208 cm³/mol. The Bertz CT molecular complexity index is 2170. The van der Waals surface area contributed by atoms with E-state index < -0.39 is 17.1 Å². The fourth-order valence-corrected chi connectivity index (χ4v) is 6.83. The van der Waals surface area contributed by atoms with E-state index in [1.54, 1.807) is 81.0 Å². The quantitative estimate of drug-likeness (QED) is 0.0805. The van der Waals surface area contributed by atoms with Crippen molar-refractivity contribution in [1.29, 1.82) is 0 Å². The van der Waals surface area contributed by atoms with Gasteiger partial charge in [-0.25, -0.2) is 4.98 Å². The largest absolute Gasteiger partial charge is 0.497 e. The van der Waals surface area contributed by atoms with E-state index in [1.807, 2.05) is 78.2 Å². The SMILES string of the molecule is COc1ccc(/C=C(\NC(=O)c2ccccc2)C(=O)Nc2ccc(SC(C(=O)Nc3nc(-c4cccc(OC)c4)cs3)c3ccccc3)cc2)cc1. The van der Waals surface area contributed by atoms with Gasteiger partial charge in [-0.3, -0.25) is 14.4 Å². The molecule has 1 unspecified atom stereocenters. The highest BCUT2D eigenvalue weighted by atomic mass is 32.2. The summed E-state index contributed by atoms with van der Waals surface area (Å²) in [5.41, 5.74) is 4.15. The van der Waals surface area contributed by atoms with E-state index in [0.717, 1.165) is 27.5 Å². The number of aromatic nitrogens is 1. The molecule has 0 aliphatic carbocycles. The molecule has 0 aliphatic heterocycles. The van der Waals surface area contributed by atoms with Gasteiger partial charge in [0.25, 0.3) is 11.8 Å². The Morgan fingerprint density at radius 1 is 0.750 bits per heavy atom. The lowest BCUT2D eigenvalue weighted by molar-refractivity contribution is -0.116. The van der Waals surface area contributed by atoms with Crippen molar-refractivity contribution in [2.75, 3.05) is 24.9 Å². The number of ether oxygens (including phenoxy) is 2. The molecule has 1 aromatic heterocycles. The maximum atomic E-state index is 13.7. The molecule has 6 aromatic rings. The van der Waals surface area contributed by atoms with Crippen molar-refractivity contribution in [2.45, 2.75) is 10.1 Å². The van der Waals surface area contributed by atoms with Gasteiger partial charge in [0.05, 0.1) is 19.9 Å². The van der Waals surface area contributed by atoms with Crippen molar-refractivity contribution in [1.82, 2.24) is 10.3 Å². The summed E-state index contributed by atoms with van der Waals surface area (Å²) in [5, 5.41) is 10.4. The summed E-state index contributed by atoms with van der Waals surface area (Å²) in [5.74, 6) is 0.258. The first kappa shape index (κ1) is 35.6. The molecule has 9 nitrogen and oxygen atoms in total. The number of anilines is 2. The van der Waals surface area contributed by atoms with Crippen LogP contribution >= 0.6 is 23.1 Å². The zero-order valence-electron chi connectivity index (χ0n) is 28.2. The van der Waals surface area contributed by atoms with Crippen LogP contribution < -0.4 is 25.4 Å². The molecule has 1 atom stereocenters.